The van der Waals surface area contributed by atoms with Crippen molar-refractivity contribution in [3.05, 3.63) is 16.1 Å². The lowest BCUT2D eigenvalue weighted by molar-refractivity contribution is -0.0280. The zero-order chi connectivity index (χ0) is 13.6. The summed E-state index contributed by atoms with van der Waals surface area (Å²) in [7, 11) is 1.85. The highest BCUT2D eigenvalue weighted by molar-refractivity contribution is 7.09. The van der Waals surface area contributed by atoms with Crippen molar-refractivity contribution in [3.63, 3.8) is 0 Å². The zero-order valence-corrected chi connectivity index (χ0v) is 13.0. The molecule has 1 aliphatic rings. The van der Waals surface area contributed by atoms with E-state index in [-0.39, 0.29) is 5.60 Å². The number of ether oxygens (including phenoxy) is 1. The van der Waals surface area contributed by atoms with Gasteiger partial charge in [0.1, 0.15) is 10.6 Å². The predicted molar refractivity (Wildman–Crippen MR) is 80.5 cm³/mol. The first-order chi connectivity index (χ1) is 9.30. The van der Waals surface area contributed by atoms with Crippen molar-refractivity contribution < 1.29 is 4.74 Å². The average molecular weight is 282 g/mol. The smallest absolute Gasteiger partial charge is 0.125 e. The van der Waals surface area contributed by atoms with Gasteiger partial charge in [0.2, 0.25) is 0 Å². The summed E-state index contributed by atoms with van der Waals surface area (Å²) < 4.78 is 5.91. The van der Waals surface area contributed by atoms with Crippen molar-refractivity contribution in [1.82, 2.24) is 10.3 Å². The number of hydrogen-bond donors (Lipinski definition) is 1. The summed E-state index contributed by atoms with van der Waals surface area (Å²) >= 11 is 1.77. The monoisotopic (exact) mass is 282 g/mol. The molecule has 1 saturated carbocycles. The third-order valence-corrected chi connectivity index (χ3v) is 5.05. The van der Waals surface area contributed by atoms with Crippen LogP contribution >= 0.6 is 11.3 Å². The number of hydrogen-bond acceptors (Lipinski definition) is 4. The molecule has 0 saturated heterocycles. The van der Waals surface area contributed by atoms with E-state index in [2.05, 4.69) is 17.6 Å². The fourth-order valence-corrected chi connectivity index (χ4v) is 3.85. The Bertz CT molecular complexity index is 370. The van der Waals surface area contributed by atoms with Crippen molar-refractivity contribution in [2.45, 2.75) is 64.0 Å². The molecular weight excluding hydrogens is 256 g/mol. The van der Waals surface area contributed by atoms with E-state index in [4.69, 9.17) is 9.72 Å². The average Bonchev–Trinajstić information content (AvgIpc) is 2.77. The molecule has 1 aromatic rings. The molecule has 0 unspecified atom stereocenters. The number of rotatable bonds is 6. The Morgan fingerprint density at radius 1 is 1.32 bits per heavy atom. The second-order valence-electron chi connectivity index (χ2n) is 5.43. The molecule has 0 aliphatic heterocycles. The van der Waals surface area contributed by atoms with Gasteiger partial charge in [-0.25, -0.2) is 4.98 Å². The Hall–Kier alpha value is -0.450. The van der Waals surface area contributed by atoms with Gasteiger partial charge in [-0.15, -0.1) is 11.3 Å². The normalized spacial score (nSPS) is 19.3. The second kappa shape index (κ2) is 7.36. The van der Waals surface area contributed by atoms with Crippen LogP contribution in [0, 0.1) is 0 Å². The fourth-order valence-electron chi connectivity index (χ4n) is 2.80. The van der Waals surface area contributed by atoms with Gasteiger partial charge >= 0.3 is 0 Å². The summed E-state index contributed by atoms with van der Waals surface area (Å²) in [5.74, 6) is 0. The highest BCUT2D eigenvalue weighted by Crippen LogP contribution is 2.40. The number of nitrogens with one attached hydrogen (secondary N) is 1. The zero-order valence-electron chi connectivity index (χ0n) is 12.2. The fraction of sp³-hybridized carbons (Fsp3) is 0.800. The van der Waals surface area contributed by atoms with Gasteiger partial charge in [0.15, 0.2) is 0 Å². The number of nitrogens with zero attached hydrogens (tertiary/aromatic N) is 1. The first-order valence-corrected chi connectivity index (χ1v) is 8.39. The van der Waals surface area contributed by atoms with Gasteiger partial charge in [0, 0.05) is 19.0 Å². The molecule has 3 nitrogen and oxygen atoms in total. The van der Waals surface area contributed by atoms with Crippen LogP contribution in [0.4, 0.5) is 0 Å². The molecule has 0 amide bonds. The van der Waals surface area contributed by atoms with Gasteiger partial charge in [0.25, 0.3) is 0 Å². The molecular formula is C15H26N2OS. The summed E-state index contributed by atoms with van der Waals surface area (Å²) in [6.45, 7) is 4.12. The highest BCUT2D eigenvalue weighted by atomic mass is 32.1. The van der Waals surface area contributed by atoms with Crippen LogP contribution in [0.3, 0.4) is 0 Å². The molecule has 4 heteroatoms. The lowest BCUT2D eigenvalue weighted by Crippen LogP contribution is -2.27. The lowest BCUT2D eigenvalue weighted by Gasteiger charge is -2.29. The van der Waals surface area contributed by atoms with Crippen molar-refractivity contribution >= 4 is 11.3 Å². The maximum Gasteiger partial charge on any atom is 0.125 e. The second-order valence-corrected chi connectivity index (χ2v) is 6.29. The van der Waals surface area contributed by atoms with Gasteiger partial charge in [-0.1, -0.05) is 32.6 Å². The summed E-state index contributed by atoms with van der Waals surface area (Å²) in [5.41, 5.74) is 1.05. The molecule has 0 radical (unpaired) electrons. The minimum Gasteiger partial charge on any atom is -0.371 e. The lowest BCUT2D eigenvalue weighted by atomic mass is 9.95. The summed E-state index contributed by atoms with van der Waals surface area (Å²) in [5, 5.41) is 6.78. The van der Waals surface area contributed by atoms with E-state index in [1.807, 2.05) is 7.11 Å². The van der Waals surface area contributed by atoms with E-state index in [1.165, 1.54) is 37.1 Å². The summed E-state index contributed by atoms with van der Waals surface area (Å²) in [4.78, 5) is 4.82. The van der Waals surface area contributed by atoms with Crippen LogP contribution in [0.2, 0.25) is 0 Å². The molecule has 0 aromatic carbocycles. The predicted octanol–water partition coefficient (Wildman–Crippen LogP) is 3.84. The topological polar surface area (TPSA) is 34.1 Å². The van der Waals surface area contributed by atoms with Gasteiger partial charge in [-0.05, 0) is 25.8 Å². The summed E-state index contributed by atoms with van der Waals surface area (Å²) in [6, 6.07) is 0. The summed E-state index contributed by atoms with van der Waals surface area (Å²) in [6.07, 6.45) is 8.60. The van der Waals surface area contributed by atoms with Gasteiger partial charge in [-0.3, -0.25) is 0 Å². The van der Waals surface area contributed by atoms with Gasteiger partial charge in [0.05, 0.1) is 5.69 Å². The molecule has 0 bridgehead atoms. The van der Waals surface area contributed by atoms with Crippen LogP contribution in [-0.2, 0) is 16.9 Å². The van der Waals surface area contributed by atoms with Crippen LogP contribution in [0.1, 0.15) is 62.6 Å². The minimum atomic E-state index is -0.107. The van der Waals surface area contributed by atoms with E-state index >= 15 is 0 Å². The molecule has 1 N–H and O–H groups in total. The Balaban J connectivity index is 2.05. The molecule has 19 heavy (non-hydrogen) atoms. The Morgan fingerprint density at radius 3 is 2.68 bits per heavy atom. The Kier molecular flexibility index (Phi) is 5.79. The molecule has 1 aromatic heterocycles. The maximum atomic E-state index is 5.91. The molecule has 1 fully saturated rings. The minimum absolute atomic E-state index is 0.107. The quantitative estimate of drug-likeness (QED) is 0.636. The molecule has 2 rings (SSSR count). The standard InChI is InChI=1S/C15H26N2OS/c1-3-10-16-11-13-12-19-14(17-13)15(18-2)8-6-4-5-7-9-15/h12,16H,3-11H2,1-2H3. The highest BCUT2D eigenvalue weighted by Gasteiger charge is 2.35. The Morgan fingerprint density at radius 2 is 2.05 bits per heavy atom. The van der Waals surface area contributed by atoms with Crippen molar-refractivity contribution in [3.8, 4) is 0 Å². The third kappa shape index (κ3) is 3.77. The number of thiazole rings is 1. The molecule has 108 valence electrons. The van der Waals surface area contributed by atoms with Crippen molar-refractivity contribution in [2.24, 2.45) is 0 Å². The number of aromatic nitrogens is 1. The van der Waals surface area contributed by atoms with E-state index < -0.39 is 0 Å². The van der Waals surface area contributed by atoms with Crippen molar-refractivity contribution in [1.29, 1.82) is 0 Å². The Labute approximate surface area is 120 Å². The van der Waals surface area contributed by atoms with Crippen LogP contribution in [0.15, 0.2) is 5.38 Å². The van der Waals surface area contributed by atoms with E-state index in [0.29, 0.717) is 0 Å². The molecule has 1 aliphatic carbocycles. The SMILES string of the molecule is CCCNCc1csc(C2(OC)CCCCCC2)n1. The van der Waals surface area contributed by atoms with E-state index in [0.717, 1.165) is 31.6 Å². The molecule has 1 heterocycles. The molecule has 0 spiro atoms. The van der Waals surface area contributed by atoms with Crippen LogP contribution in [-0.4, -0.2) is 18.6 Å². The van der Waals surface area contributed by atoms with Crippen molar-refractivity contribution in [2.75, 3.05) is 13.7 Å². The van der Waals surface area contributed by atoms with Crippen LogP contribution < -0.4 is 5.32 Å². The first-order valence-electron chi connectivity index (χ1n) is 7.51. The number of methoxy groups -OCH3 is 1. The van der Waals surface area contributed by atoms with Gasteiger partial charge < -0.3 is 10.1 Å². The third-order valence-electron chi connectivity index (χ3n) is 3.98. The molecule has 0 atom stereocenters. The van der Waals surface area contributed by atoms with E-state index in [1.54, 1.807) is 11.3 Å². The first kappa shape index (κ1) is 14.9. The largest absolute Gasteiger partial charge is 0.371 e. The van der Waals surface area contributed by atoms with Crippen LogP contribution in [0.5, 0.6) is 0 Å². The van der Waals surface area contributed by atoms with E-state index in [9.17, 15) is 0 Å². The van der Waals surface area contributed by atoms with Gasteiger partial charge in [-0.2, -0.15) is 0 Å². The maximum absolute atomic E-state index is 5.91. The van der Waals surface area contributed by atoms with Crippen LogP contribution in [0.25, 0.3) is 0 Å².